The molecule has 2 aliphatic heterocycles. The van der Waals surface area contributed by atoms with Crippen LogP contribution in [-0.2, 0) is 33.5 Å². The molecule has 0 radical (unpaired) electrons. The number of nitrogens with zero attached hydrogens (tertiary/aromatic N) is 1. The topological polar surface area (TPSA) is 116 Å². The third-order valence-corrected chi connectivity index (χ3v) is 3.73. The second-order valence-corrected chi connectivity index (χ2v) is 6.32. The van der Waals surface area contributed by atoms with E-state index in [4.69, 9.17) is 14.3 Å². The molecule has 1 aromatic rings. The Hall–Kier alpha value is -3.49. The van der Waals surface area contributed by atoms with E-state index in [0.29, 0.717) is 10.6 Å². The number of hydroxylamine groups is 2. The number of carbonyl (C=O) groups is 5. The highest BCUT2D eigenvalue weighted by atomic mass is 16.7. The van der Waals surface area contributed by atoms with Gasteiger partial charge in [0.25, 0.3) is 17.6 Å². The first-order chi connectivity index (χ1) is 12.7. The summed E-state index contributed by atoms with van der Waals surface area (Å²) >= 11 is 0. The van der Waals surface area contributed by atoms with Crippen LogP contribution in [-0.4, -0.2) is 40.6 Å². The lowest BCUT2D eigenvalue weighted by Crippen LogP contribution is -2.41. The van der Waals surface area contributed by atoms with E-state index < -0.39 is 35.5 Å². The zero-order valence-electron chi connectivity index (χ0n) is 14.5. The minimum Gasteiger partial charge on any atom is -0.419 e. The van der Waals surface area contributed by atoms with E-state index in [-0.39, 0.29) is 24.0 Å². The lowest BCUT2D eigenvalue weighted by Gasteiger charge is -2.29. The van der Waals surface area contributed by atoms with Crippen molar-refractivity contribution in [1.82, 2.24) is 5.06 Å². The van der Waals surface area contributed by atoms with Gasteiger partial charge in [0.2, 0.25) is 0 Å². The number of esters is 2. The maximum Gasteiger partial charge on any atom is 0.363 e. The Morgan fingerprint density at radius 1 is 1.07 bits per heavy atom. The van der Waals surface area contributed by atoms with Crippen LogP contribution >= 0.6 is 0 Å². The molecule has 0 aliphatic carbocycles. The summed E-state index contributed by atoms with van der Waals surface area (Å²) < 4.78 is 9.99. The average Bonchev–Trinajstić information content (AvgIpc) is 2.89. The van der Waals surface area contributed by atoms with E-state index >= 15 is 0 Å². The van der Waals surface area contributed by atoms with Crippen molar-refractivity contribution < 1.29 is 38.3 Å². The van der Waals surface area contributed by atoms with Crippen LogP contribution < -0.4 is 0 Å². The number of amides is 2. The molecule has 2 saturated heterocycles. The van der Waals surface area contributed by atoms with Gasteiger partial charge in [-0.05, 0) is 23.8 Å². The van der Waals surface area contributed by atoms with E-state index in [1.165, 1.54) is 44.2 Å². The number of benzene rings is 1. The summed E-state index contributed by atoms with van der Waals surface area (Å²) in [5.74, 6) is -5.17. The molecule has 0 saturated carbocycles. The van der Waals surface area contributed by atoms with Gasteiger partial charge < -0.3 is 14.3 Å². The molecule has 3 rings (SSSR count). The van der Waals surface area contributed by atoms with Crippen LogP contribution in [0, 0.1) is 0 Å². The molecule has 0 bridgehead atoms. The molecule has 140 valence electrons. The first-order valence-corrected chi connectivity index (χ1v) is 8.03. The number of hydrogen-bond donors (Lipinski definition) is 0. The fourth-order valence-corrected chi connectivity index (χ4v) is 2.49. The van der Waals surface area contributed by atoms with Crippen molar-refractivity contribution in [3.8, 4) is 0 Å². The first kappa shape index (κ1) is 18.3. The second kappa shape index (κ2) is 6.67. The predicted octanol–water partition coefficient (Wildman–Crippen LogP) is 1.13. The maximum absolute atomic E-state index is 12.2. The fourth-order valence-electron chi connectivity index (χ4n) is 2.49. The third-order valence-electron chi connectivity index (χ3n) is 3.73. The minimum atomic E-state index is -1.36. The molecule has 0 atom stereocenters. The molecule has 0 aromatic heterocycles. The Labute approximate surface area is 153 Å². The van der Waals surface area contributed by atoms with Gasteiger partial charge in [0.05, 0.1) is 5.56 Å². The van der Waals surface area contributed by atoms with Gasteiger partial charge in [0, 0.05) is 26.7 Å². The van der Waals surface area contributed by atoms with E-state index in [1.807, 2.05) is 0 Å². The van der Waals surface area contributed by atoms with E-state index in [2.05, 4.69) is 0 Å². The highest BCUT2D eigenvalue weighted by Gasteiger charge is 2.39. The molecule has 27 heavy (non-hydrogen) atoms. The van der Waals surface area contributed by atoms with Crippen molar-refractivity contribution in [2.45, 2.75) is 32.5 Å². The fraction of sp³-hybridized carbons (Fsp3) is 0.278. The zero-order chi connectivity index (χ0) is 19.8. The Morgan fingerprint density at radius 3 is 2.26 bits per heavy atom. The molecule has 1 aromatic carbocycles. The minimum absolute atomic E-state index is 0.0151. The van der Waals surface area contributed by atoms with Gasteiger partial charge in [-0.2, -0.15) is 0 Å². The normalized spacial score (nSPS) is 18.9. The lowest BCUT2D eigenvalue weighted by atomic mass is 10.1. The molecular formula is C18H15NO8. The van der Waals surface area contributed by atoms with Crippen LogP contribution in [0.2, 0.25) is 0 Å². The molecule has 0 unspecified atom stereocenters. The Morgan fingerprint density at radius 2 is 1.67 bits per heavy atom. The Kier molecular flexibility index (Phi) is 4.52. The number of imide groups is 1. The standard InChI is InChI=1S/C18H15NO8/c1-18(2)25-16(23)12(17(24)26-18)9-10-4-3-5-11(8-10)15(22)27-19-13(20)6-7-14(19)21/h3-5,8-9H,6-7H2,1-2H3. The SMILES string of the molecule is CC1(C)OC(=O)C(=Cc2cccc(C(=O)ON3C(=O)CCC3=O)c2)C(=O)O1. The van der Waals surface area contributed by atoms with Gasteiger partial charge >= 0.3 is 17.9 Å². The van der Waals surface area contributed by atoms with Crippen LogP contribution in [0.3, 0.4) is 0 Å². The summed E-state index contributed by atoms with van der Waals surface area (Å²) in [6, 6.07) is 5.76. The van der Waals surface area contributed by atoms with Crippen molar-refractivity contribution in [3.05, 3.63) is 41.0 Å². The Bertz CT molecular complexity index is 860. The van der Waals surface area contributed by atoms with E-state index in [0.717, 1.165) is 0 Å². The summed E-state index contributed by atoms with van der Waals surface area (Å²) in [5.41, 5.74) is 0.0200. The molecule has 2 fully saturated rings. The first-order valence-electron chi connectivity index (χ1n) is 8.03. The Balaban J connectivity index is 1.80. The van der Waals surface area contributed by atoms with E-state index in [9.17, 15) is 24.0 Å². The molecule has 0 N–H and O–H groups in total. The van der Waals surface area contributed by atoms with Crippen molar-refractivity contribution in [1.29, 1.82) is 0 Å². The van der Waals surface area contributed by atoms with Crippen molar-refractivity contribution in [2.75, 3.05) is 0 Å². The molecule has 0 spiro atoms. The van der Waals surface area contributed by atoms with Crippen LogP contribution in [0.1, 0.15) is 42.6 Å². The highest BCUT2D eigenvalue weighted by Crippen LogP contribution is 2.24. The number of hydrogen-bond acceptors (Lipinski definition) is 8. The molecular weight excluding hydrogens is 358 g/mol. The van der Waals surface area contributed by atoms with Crippen LogP contribution in [0.4, 0.5) is 0 Å². The van der Waals surface area contributed by atoms with E-state index in [1.54, 1.807) is 0 Å². The average molecular weight is 373 g/mol. The van der Waals surface area contributed by atoms with Gasteiger partial charge in [-0.3, -0.25) is 9.59 Å². The molecule has 2 heterocycles. The van der Waals surface area contributed by atoms with Crippen molar-refractivity contribution in [2.24, 2.45) is 0 Å². The monoisotopic (exact) mass is 373 g/mol. The lowest BCUT2D eigenvalue weighted by molar-refractivity contribution is -0.222. The largest absolute Gasteiger partial charge is 0.419 e. The van der Waals surface area contributed by atoms with Crippen LogP contribution in [0.5, 0.6) is 0 Å². The number of carbonyl (C=O) groups excluding carboxylic acids is 5. The second-order valence-electron chi connectivity index (χ2n) is 6.32. The number of cyclic esters (lactones) is 2. The zero-order valence-corrected chi connectivity index (χ0v) is 14.5. The van der Waals surface area contributed by atoms with Gasteiger partial charge in [0.15, 0.2) is 0 Å². The van der Waals surface area contributed by atoms with Crippen molar-refractivity contribution in [3.63, 3.8) is 0 Å². The van der Waals surface area contributed by atoms with Gasteiger partial charge in [-0.1, -0.05) is 12.1 Å². The van der Waals surface area contributed by atoms with Gasteiger partial charge in [-0.25, -0.2) is 14.4 Å². The predicted molar refractivity (Wildman–Crippen MR) is 87.2 cm³/mol. The summed E-state index contributed by atoms with van der Waals surface area (Å²) in [6.45, 7) is 2.86. The summed E-state index contributed by atoms with van der Waals surface area (Å²) in [6.07, 6.45) is 1.18. The van der Waals surface area contributed by atoms with Crippen molar-refractivity contribution >= 4 is 35.8 Å². The third kappa shape index (κ3) is 3.86. The summed E-state index contributed by atoms with van der Waals surface area (Å²) in [4.78, 5) is 64.0. The number of ether oxygens (including phenoxy) is 2. The molecule has 9 nitrogen and oxygen atoms in total. The van der Waals surface area contributed by atoms with Crippen LogP contribution in [0.25, 0.3) is 6.08 Å². The van der Waals surface area contributed by atoms with Gasteiger partial charge in [-0.15, -0.1) is 5.06 Å². The van der Waals surface area contributed by atoms with Crippen LogP contribution in [0.15, 0.2) is 29.8 Å². The summed E-state index contributed by atoms with van der Waals surface area (Å²) in [5, 5.41) is 0.436. The number of rotatable bonds is 3. The quantitative estimate of drug-likeness (QED) is 0.335. The molecule has 9 heteroatoms. The molecule has 2 aliphatic rings. The smallest absolute Gasteiger partial charge is 0.363 e. The maximum atomic E-state index is 12.2. The molecule has 2 amide bonds. The van der Waals surface area contributed by atoms with Gasteiger partial charge in [0.1, 0.15) is 5.57 Å². The highest BCUT2D eigenvalue weighted by molar-refractivity contribution is 6.19. The summed E-state index contributed by atoms with van der Waals surface area (Å²) in [7, 11) is 0.